The molecule has 0 aromatic rings. The van der Waals surface area contributed by atoms with Crippen LogP contribution in [0.1, 0.15) is 40.0 Å². The van der Waals surface area contributed by atoms with Crippen molar-refractivity contribution >= 4 is 11.9 Å². The second kappa shape index (κ2) is 9.00. The standard InChI is InChI=1S/C15H28N2O4/c1-5-12(6-2)16-15(19)11(3)17-7-8-21-13(10-17)9-14(18)20-4/h11-13H,5-10H2,1-4H3,(H,16,19). The van der Waals surface area contributed by atoms with Gasteiger partial charge in [-0.05, 0) is 19.8 Å². The van der Waals surface area contributed by atoms with E-state index in [1.165, 1.54) is 7.11 Å². The number of hydrogen-bond donors (Lipinski definition) is 1. The van der Waals surface area contributed by atoms with Gasteiger partial charge in [0.1, 0.15) is 0 Å². The van der Waals surface area contributed by atoms with E-state index < -0.39 is 0 Å². The highest BCUT2D eigenvalue weighted by atomic mass is 16.5. The van der Waals surface area contributed by atoms with Crippen molar-refractivity contribution < 1.29 is 19.1 Å². The molecule has 0 radical (unpaired) electrons. The van der Waals surface area contributed by atoms with Crippen molar-refractivity contribution in [1.82, 2.24) is 10.2 Å². The summed E-state index contributed by atoms with van der Waals surface area (Å²) < 4.78 is 10.2. The summed E-state index contributed by atoms with van der Waals surface area (Å²) in [5, 5.41) is 3.07. The molecule has 0 aliphatic carbocycles. The van der Waals surface area contributed by atoms with Gasteiger partial charge >= 0.3 is 5.97 Å². The average molecular weight is 300 g/mol. The minimum absolute atomic E-state index is 0.0439. The van der Waals surface area contributed by atoms with Gasteiger partial charge in [-0.1, -0.05) is 13.8 Å². The number of hydrogen-bond acceptors (Lipinski definition) is 5. The number of carbonyl (C=O) groups excluding carboxylic acids is 2. The third-order valence-corrected chi connectivity index (χ3v) is 4.05. The van der Waals surface area contributed by atoms with Crippen LogP contribution in [0.25, 0.3) is 0 Å². The zero-order chi connectivity index (χ0) is 15.8. The molecule has 1 N–H and O–H groups in total. The van der Waals surface area contributed by atoms with E-state index in [-0.39, 0.29) is 36.5 Å². The van der Waals surface area contributed by atoms with Gasteiger partial charge in [0.05, 0.1) is 32.3 Å². The molecule has 0 spiro atoms. The Kier molecular flexibility index (Phi) is 7.67. The van der Waals surface area contributed by atoms with E-state index in [1.807, 2.05) is 6.92 Å². The Morgan fingerprint density at radius 3 is 2.62 bits per heavy atom. The van der Waals surface area contributed by atoms with Gasteiger partial charge in [0.15, 0.2) is 0 Å². The van der Waals surface area contributed by atoms with Gasteiger partial charge in [0.25, 0.3) is 0 Å². The van der Waals surface area contributed by atoms with Crippen LogP contribution in [0.15, 0.2) is 0 Å². The lowest BCUT2D eigenvalue weighted by atomic mass is 10.1. The molecular weight excluding hydrogens is 272 g/mol. The minimum Gasteiger partial charge on any atom is -0.469 e. The molecule has 1 heterocycles. The quantitative estimate of drug-likeness (QED) is 0.709. The molecule has 21 heavy (non-hydrogen) atoms. The zero-order valence-electron chi connectivity index (χ0n) is 13.6. The highest BCUT2D eigenvalue weighted by Gasteiger charge is 2.29. The first-order valence-electron chi connectivity index (χ1n) is 7.74. The monoisotopic (exact) mass is 300 g/mol. The lowest BCUT2D eigenvalue weighted by Crippen LogP contribution is -2.53. The number of methoxy groups -OCH3 is 1. The second-order valence-electron chi connectivity index (χ2n) is 5.47. The van der Waals surface area contributed by atoms with Crippen LogP contribution in [-0.4, -0.2) is 61.8 Å². The molecule has 2 unspecified atom stereocenters. The molecule has 1 saturated heterocycles. The largest absolute Gasteiger partial charge is 0.469 e. The summed E-state index contributed by atoms with van der Waals surface area (Å²) in [5.74, 6) is -0.238. The van der Waals surface area contributed by atoms with Gasteiger partial charge in [0.2, 0.25) is 5.91 Å². The van der Waals surface area contributed by atoms with Crippen molar-refractivity contribution in [2.24, 2.45) is 0 Å². The van der Waals surface area contributed by atoms with E-state index in [9.17, 15) is 9.59 Å². The van der Waals surface area contributed by atoms with E-state index in [0.717, 1.165) is 12.8 Å². The highest BCUT2D eigenvalue weighted by molar-refractivity contribution is 5.81. The fourth-order valence-corrected chi connectivity index (χ4v) is 2.47. The van der Waals surface area contributed by atoms with Crippen LogP contribution in [0.3, 0.4) is 0 Å². The molecule has 1 rings (SSSR count). The topological polar surface area (TPSA) is 67.9 Å². The van der Waals surface area contributed by atoms with Crippen LogP contribution in [0.2, 0.25) is 0 Å². The fourth-order valence-electron chi connectivity index (χ4n) is 2.47. The smallest absolute Gasteiger partial charge is 0.308 e. The van der Waals surface area contributed by atoms with E-state index in [0.29, 0.717) is 19.7 Å². The second-order valence-corrected chi connectivity index (χ2v) is 5.47. The van der Waals surface area contributed by atoms with Crippen LogP contribution in [0.5, 0.6) is 0 Å². The summed E-state index contributed by atoms with van der Waals surface area (Å²) in [7, 11) is 1.37. The lowest BCUT2D eigenvalue weighted by molar-refractivity contribution is -0.146. The van der Waals surface area contributed by atoms with Crippen LogP contribution in [0.4, 0.5) is 0 Å². The first kappa shape index (κ1) is 17.9. The number of ether oxygens (including phenoxy) is 2. The predicted octanol–water partition coefficient (Wildman–Crippen LogP) is 0.944. The molecule has 0 aromatic heterocycles. The maximum Gasteiger partial charge on any atom is 0.308 e. The molecular formula is C15H28N2O4. The molecule has 1 aliphatic heterocycles. The number of rotatable bonds is 7. The van der Waals surface area contributed by atoms with Crippen molar-refractivity contribution in [2.75, 3.05) is 26.8 Å². The first-order valence-corrected chi connectivity index (χ1v) is 7.74. The number of nitrogens with one attached hydrogen (secondary N) is 1. The summed E-state index contributed by atoms with van der Waals surface area (Å²) >= 11 is 0. The molecule has 0 bridgehead atoms. The minimum atomic E-state index is -0.281. The third-order valence-electron chi connectivity index (χ3n) is 4.05. The zero-order valence-corrected chi connectivity index (χ0v) is 13.6. The predicted molar refractivity (Wildman–Crippen MR) is 79.9 cm³/mol. The number of amides is 1. The van der Waals surface area contributed by atoms with E-state index in [1.54, 1.807) is 0 Å². The summed E-state index contributed by atoms with van der Waals surface area (Å²) in [6.45, 7) is 7.85. The van der Waals surface area contributed by atoms with Crippen LogP contribution in [-0.2, 0) is 19.1 Å². The number of nitrogens with zero attached hydrogens (tertiary/aromatic N) is 1. The van der Waals surface area contributed by atoms with Gasteiger partial charge in [-0.3, -0.25) is 14.5 Å². The van der Waals surface area contributed by atoms with Gasteiger partial charge in [-0.2, -0.15) is 0 Å². The van der Waals surface area contributed by atoms with Gasteiger partial charge in [0, 0.05) is 19.1 Å². The maximum atomic E-state index is 12.3. The Morgan fingerprint density at radius 1 is 1.38 bits per heavy atom. The summed E-state index contributed by atoms with van der Waals surface area (Å²) in [6.07, 6.45) is 1.90. The number of esters is 1. The normalized spacial score (nSPS) is 21.1. The molecule has 1 fully saturated rings. The van der Waals surface area contributed by atoms with Crippen molar-refractivity contribution in [2.45, 2.75) is 58.2 Å². The van der Waals surface area contributed by atoms with Crippen LogP contribution >= 0.6 is 0 Å². The molecule has 2 atom stereocenters. The molecule has 0 saturated carbocycles. The van der Waals surface area contributed by atoms with Crippen LogP contribution < -0.4 is 5.32 Å². The third kappa shape index (κ3) is 5.63. The van der Waals surface area contributed by atoms with Crippen molar-refractivity contribution in [3.05, 3.63) is 0 Å². The molecule has 1 amide bonds. The molecule has 122 valence electrons. The Bertz CT molecular complexity index is 345. The fraction of sp³-hybridized carbons (Fsp3) is 0.867. The van der Waals surface area contributed by atoms with E-state index in [4.69, 9.17) is 4.74 Å². The average Bonchev–Trinajstić information content (AvgIpc) is 2.51. The number of morpholine rings is 1. The number of carbonyl (C=O) groups is 2. The molecule has 0 aromatic carbocycles. The van der Waals surface area contributed by atoms with Gasteiger partial charge in [-0.25, -0.2) is 0 Å². The molecule has 6 heteroatoms. The summed E-state index contributed by atoms with van der Waals surface area (Å²) in [4.78, 5) is 25.6. The van der Waals surface area contributed by atoms with Gasteiger partial charge in [-0.15, -0.1) is 0 Å². The maximum absolute atomic E-state index is 12.3. The SMILES string of the molecule is CCC(CC)NC(=O)C(C)N1CCOC(CC(=O)OC)C1. The first-order chi connectivity index (χ1) is 10.0. The molecule has 1 aliphatic rings. The van der Waals surface area contributed by atoms with E-state index in [2.05, 4.69) is 28.8 Å². The summed E-state index contributed by atoms with van der Waals surface area (Å²) in [6, 6.07) is 0.0153. The highest BCUT2D eigenvalue weighted by Crippen LogP contribution is 2.13. The van der Waals surface area contributed by atoms with E-state index >= 15 is 0 Å². The van der Waals surface area contributed by atoms with Crippen LogP contribution in [0, 0.1) is 0 Å². The molecule has 6 nitrogen and oxygen atoms in total. The van der Waals surface area contributed by atoms with Crippen molar-refractivity contribution in [3.8, 4) is 0 Å². The summed E-state index contributed by atoms with van der Waals surface area (Å²) in [5.41, 5.74) is 0. The van der Waals surface area contributed by atoms with Crippen molar-refractivity contribution in [1.29, 1.82) is 0 Å². The van der Waals surface area contributed by atoms with Gasteiger partial charge < -0.3 is 14.8 Å². The Morgan fingerprint density at radius 2 is 2.05 bits per heavy atom. The Hall–Kier alpha value is -1.14. The van der Waals surface area contributed by atoms with Crippen molar-refractivity contribution in [3.63, 3.8) is 0 Å². The lowest BCUT2D eigenvalue weighted by Gasteiger charge is -2.36. The Labute approximate surface area is 127 Å². The Balaban J connectivity index is 2.50.